The molecular weight excluding hydrogens is 252 g/mol. The van der Waals surface area contributed by atoms with Gasteiger partial charge in [0.2, 0.25) is 0 Å². The van der Waals surface area contributed by atoms with Crippen LogP contribution < -0.4 is 16.6 Å². The Kier molecular flexibility index (Phi) is 5.73. The Morgan fingerprint density at radius 1 is 1.44 bits per heavy atom. The SMILES string of the molecule is CSC(C)CCNc1cc(NN)cc([N+](=O)[O-])c1. The quantitative estimate of drug-likeness (QED) is 0.400. The number of nitro benzene ring substituents is 1. The summed E-state index contributed by atoms with van der Waals surface area (Å²) in [6.45, 7) is 2.92. The number of anilines is 2. The van der Waals surface area contributed by atoms with Crippen LogP contribution in [0, 0.1) is 10.1 Å². The fourth-order valence-corrected chi connectivity index (χ4v) is 1.79. The molecule has 100 valence electrons. The van der Waals surface area contributed by atoms with Gasteiger partial charge in [-0.05, 0) is 18.7 Å². The van der Waals surface area contributed by atoms with E-state index < -0.39 is 4.92 Å². The highest BCUT2D eigenvalue weighted by Gasteiger charge is 2.09. The number of nitrogens with one attached hydrogen (secondary N) is 2. The summed E-state index contributed by atoms with van der Waals surface area (Å²) in [6, 6.07) is 4.65. The molecule has 0 amide bonds. The summed E-state index contributed by atoms with van der Waals surface area (Å²) in [6.07, 6.45) is 3.06. The zero-order chi connectivity index (χ0) is 13.5. The minimum atomic E-state index is -0.434. The molecule has 0 aromatic heterocycles. The van der Waals surface area contributed by atoms with E-state index in [2.05, 4.69) is 23.9 Å². The molecule has 1 aromatic carbocycles. The van der Waals surface area contributed by atoms with Crippen LogP contribution in [0.3, 0.4) is 0 Å². The van der Waals surface area contributed by atoms with Gasteiger partial charge in [0.1, 0.15) is 0 Å². The highest BCUT2D eigenvalue weighted by molar-refractivity contribution is 7.99. The molecule has 0 fully saturated rings. The molecule has 1 aromatic rings. The topological polar surface area (TPSA) is 93.2 Å². The second-order valence-corrected chi connectivity index (χ2v) is 5.21. The van der Waals surface area contributed by atoms with Crippen molar-refractivity contribution in [2.24, 2.45) is 5.84 Å². The molecule has 0 aliphatic rings. The second-order valence-electron chi connectivity index (χ2n) is 3.93. The van der Waals surface area contributed by atoms with E-state index in [1.54, 1.807) is 17.8 Å². The van der Waals surface area contributed by atoms with Crippen molar-refractivity contribution < 1.29 is 4.92 Å². The van der Waals surface area contributed by atoms with E-state index in [4.69, 9.17) is 5.84 Å². The third kappa shape index (κ3) is 4.42. The van der Waals surface area contributed by atoms with Crippen molar-refractivity contribution in [1.29, 1.82) is 0 Å². The largest absolute Gasteiger partial charge is 0.385 e. The van der Waals surface area contributed by atoms with Gasteiger partial charge >= 0.3 is 0 Å². The number of nitrogens with zero attached hydrogens (tertiary/aromatic N) is 1. The van der Waals surface area contributed by atoms with Gasteiger partial charge < -0.3 is 10.7 Å². The van der Waals surface area contributed by atoms with Crippen molar-refractivity contribution in [3.8, 4) is 0 Å². The van der Waals surface area contributed by atoms with Crippen LogP contribution in [0.1, 0.15) is 13.3 Å². The molecule has 0 saturated carbocycles. The van der Waals surface area contributed by atoms with Gasteiger partial charge in [-0.2, -0.15) is 11.8 Å². The molecule has 1 unspecified atom stereocenters. The number of hydrogen-bond donors (Lipinski definition) is 3. The predicted octanol–water partition coefficient (Wildman–Crippen LogP) is 2.43. The van der Waals surface area contributed by atoms with Crippen LogP contribution in [0.25, 0.3) is 0 Å². The van der Waals surface area contributed by atoms with Crippen LogP contribution in [-0.2, 0) is 0 Å². The number of nitro groups is 1. The van der Waals surface area contributed by atoms with Gasteiger partial charge in [0.15, 0.2) is 0 Å². The molecule has 6 nitrogen and oxygen atoms in total. The molecule has 0 aliphatic heterocycles. The molecule has 0 bridgehead atoms. The van der Waals surface area contributed by atoms with Crippen LogP contribution in [0.4, 0.5) is 17.1 Å². The zero-order valence-electron chi connectivity index (χ0n) is 10.5. The normalized spacial score (nSPS) is 11.9. The molecule has 18 heavy (non-hydrogen) atoms. The van der Waals surface area contributed by atoms with Gasteiger partial charge in [-0.25, -0.2) is 0 Å². The molecule has 0 aliphatic carbocycles. The van der Waals surface area contributed by atoms with Crippen molar-refractivity contribution in [3.63, 3.8) is 0 Å². The van der Waals surface area contributed by atoms with Crippen molar-refractivity contribution in [1.82, 2.24) is 0 Å². The summed E-state index contributed by atoms with van der Waals surface area (Å²) in [5, 5.41) is 14.5. The maximum absolute atomic E-state index is 10.8. The van der Waals surface area contributed by atoms with Crippen LogP contribution in [0.5, 0.6) is 0 Å². The molecule has 1 rings (SSSR count). The number of nitrogen functional groups attached to an aromatic ring is 1. The van der Waals surface area contributed by atoms with Gasteiger partial charge in [0.05, 0.1) is 10.6 Å². The lowest BCUT2D eigenvalue weighted by molar-refractivity contribution is -0.384. The molecule has 0 heterocycles. The Labute approximate surface area is 110 Å². The number of benzene rings is 1. The lowest BCUT2D eigenvalue weighted by Crippen LogP contribution is -2.10. The van der Waals surface area contributed by atoms with Crippen LogP contribution in [-0.4, -0.2) is 23.0 Å². The van der Waals surface area contributed by atoms with Gasteiger partial charge in [0.25, 0.3) is 5.69 Å². The van der Waals surface area contributed by atoms with Gasteiger partial charge in [-0.1, -0.05) is 6.92 Å². The Bertz CT molecular complexity index is 414. The fraction of sp³-hybridized carbons (Fsp3) is 0.455. The van der Waals surface area contributed by atoms with Gasteiger partial charge in [-0.3, -0.25) is 16.0 Å². The fourth-order valence-electron chi connectivity index (χ4n) is 1.44. The monoisotopic (exact) mass is 270 g/mol. The smallest absolute Gasteiger partial charge is 0.273 e. The number of rotatable bonds is 7. The summed E-state index contributed by atoms with van der Waals surface area (Å²) in [4.78, 5) is 10.3. The maximum atomic E-state index is 10.8. The van der Waals surface area contributed by atoms with E-state index in [9.17, 15) is 10.1 Å². The summed E-state index contributed by atoms with van der Waals surface area (Å²) >= 11 is 1.80. The third-order valence-corrected chi connectivity index (χ3v) is 3.62. The summed E-state index contributed by atoms with van der Waals surface area (Å²) in [5.74, 6) is 5.28. The Morgan fingerprint density at radius 2 is 2.11 bits per heavy atom. The molecular formula is C11H18N4O2S. The standard InChI is InChI=1S/C11H18N4O2S/c1-8(18-2)3-4-13-9-5-10(14-12)7-11(6-9)15(16)17/h5-8,13-14H,3-4,12H2,1-2H3. The van der Waals surface area contributed by atoms with E-state index >= 15 is 0 Å². The third-order valence-electron chi connectivity index (χ3n) is 2.58. The first kappa shape index (κ1) is 14.6. The molecule has 4 N–H and O–H groups in total. The highest BCUT2D eigenvalue weighted by atomic mass is 32.2. The molecule has 0 saturated heterocycles. The first-order chi connectivity index (χ1) is 8.56. The van der Waals surface area contributed by atoms with Gasteiger partial charge in [-0.15, -0.1) is 0 Å². The van der Waals surface area contributed by atoms with Crippen LogP contribution >= 0.6 is 11.8 Å². The van der Waals surface area contributed by atoms with Crippen molar-refractivity contribution >= 4 is 28.8 Å². The summed E-state index contributed by atoms with van der Waals surface area (Å²) < 4.78 is 0. The van der Waals surface area contributed by atoms with Crippen LogP contribution in [0.2, 0.25) is 0 Å². The Balaban J connectivity index is 2.69. The average molecular weight is 270 g/mol. The summed E-state index contributed by atoms with van der Waals surface area (Å²) in [7, 11) is 0. The molecule has 0 spiro atoms. The molecule has 1 atom stereocenters. The number of nitrogens with two attached hydrogens (primary N) is 1. The minimum absolute atomic E-state index is 0.0193. The first-order valence-electron chi connectivity index (χ1n) is 5.59. The summed E-state index contributed by atoms with van der Waals surface area (Å²) in [5.41, 5.74) is 3.66. The number of hydrogen-bond acceptors (Lipinski definition) is 6. The molecule has 0 radical (unpaired) electrons. The van der Waals surface area contributed by atoms with Gasteiger partial charge in [0, 0.05) is 29.6 Å². The highest BCUT2D eigenvalue weighted by Crippen LogP contribution is 2.24. The van der Waals surface area contributed by atoms with E-state index in [0.29, 0.717) is 16.6 Å². The average Bonchev–Trinajstić information content (AvgIpc) is 2.37. The second kappa shape index (κ2) is 7.07. The zero-order valence-corrected chi connectivity index (χ0v) is 11.3. The maximum Gasteiger partial charge on any atom is 0.273 e. The lowest BCUT2D eigenvalue weighted by Gasteiger charge is -2.11. The predicted molar refractivity (Wildman–Crippen MR) is 77.0 cm³/mol. The Hall–Kier alpha value is -1.47. The Morgan fingerprint density at radius 3 is 2.67 bits per heavy atom. The number of hydrazine groups is 1. The van der Waals surface area contributed by atoms with E-state index in [1.807, 2.05) is 0 Å². The number of thioether (sulfide) groups is 1. The van der Waals surface area contributed by atoms with E-state index in [-0.39, 0.29) is 5.69 Å². The first-order valence-corrected chi connectivity index (χ1v) is 6.88. The van der Waals surface area contributed by atoms with Crippen LogP contribution in [0.15, 0.2) is 18.2 Å². The van der Waals surface area contributed by atoms with E-state index in [0.717, 1.165) is 13.0 Å². The molecule has 7 heteroatoms. The van der Waals surface area contributed by atoms with E-state index in [1.165, 1.54) is 12.1 Å². The van der Waals surface area contributed by atoms with Crippen molar-refractivity contribution in [2.75, 3.05) is 23.5 Å². The lowest BCUT2D eigenvalue weighted by atomic mass is 10.2. The van der Waals surface area contributed by atoms with Crippen molar-refractivity contribution in [2.45, 2.75) is 18.6 Å². The number of non-ortho nitro benzene ring substituents is 1. The minimum Gasteiger partial charge on any atom is -0.385 e. The van der Waals surface area contributed by atoms with Crippen molar-refractivity contribution in [3.05, 3.63) is 28.3 Å².